The van der Waals surface area contributed by atoms with Gasteiger partial charge in [-0.2, -0.15) is 5.10 Å². The van der Waals surface area contributed by atoms with Crippen LogP contribution in [0, 0.1) is 0 Å². The number of nitrogens with zero attached hydrogens (tertiary/aromatic N) is 2. The lowest BCUT2D eigenvalue weighted by molar-refractivity contribution is -0.108. The molecule has 1 aromatic heterocycles. The highest BCUT2D eigenvalue weighted by Crippen LogP contribution is 2.21. The van der Waals surface area contributed by atoms with E-state index >= 15 is 0 Å². The van der Waals surface area contributed by atoms with E-state index in [0.29, 0.717) is 6.42 Å². The first-order chi connectivity index (χ1) is 7.81. The highest BCUT2D eigenvalue weighted by Gasteiger charge is 2.13. The van der Waals surface area contributed by atoms with Gasteiger partial charge < -0.3 is 4.79 Å². The number of rotatable bonds is 4. The molecule has 2 aromatic rings. The molecule has 0 radical (unpaired) electrons. The molecule has 2 rings (SSSR count). The van der Waals surface area contributed by atoms with Crippen LogP contribution >= 0.6 is 15.9 Å². The number of hydrogen-bond donors (Lipinski definition) is 0. The van der Waals surface area contributed by atoms with Crippen molar-refractivity contribution in [2.45, 2.75) is 12.5 Å². The zero-order chi connectivity index (χ0) is 11.4. The van der Waals surface area contributed by atoms with Gasteiger partial charge in [0.05, 0.1) is 16.7 Å². The van der Waals surface area contributed by atoms with Gasteiger partial charge in [-0.3, -0.25) is 4.68 Å². The lowest BCUT2D eigenvalue weighted by atomic mass is 10.1. The molecule has 3 nitrogen and oxygen atoms in total. The van der Waals surface area contributed by atoms with Gasteiger partial charge in [0.1, 0.15) is 6.29 Å². The summed E-state index contributed by atoms with van der Waals surface area (Å²) < 4.78 is 2.72. The van der Waals surface area contributed by atoms with E-state index in [2.05, 4.69) is 21.0 Å². The molecular formula is C12H11BrN2O. The third-order valence-corrected chi connectivity index (χ3v) is 2.80. The Labute approximate surface area is 102 Å². The summed E-state index contributed by atoms with van der Waals surface area (Å²) >= 11 is 3.35. The first kappa shape index (κ1) is 11.1. The van der Waals surface area contributed by atoms with Gasteiger partial charge in [-0.25, -0.2) is 0 Å². The van der Waals surface area contributed by atoms with E-state index in [9.17, 15) is 4.79 Å². The highest BCUT2D eigenvalue weighted by atomic mass is 79.9. The van der Waals surface area contributed by atoms with Crippen LogP contribution < -0.4 is 0 Å². The predicted molar refractivity (Wildman–Crippen MR) is 65.2 cm³/mol. The van der Waals surface area contributed by atoms with Crippen LogP contribution in [0.4, 0.5) is 0 Å². The first-order valence-electron chi connectivity index (χ1n) is 4.99. The number of hydrogen-bond acceptors (Lipinski definition) is 2. The molecule has 0 saturated carbocycles. The summed E-state index contributed by atoms with van der Waals surface area (Å²) in [6.45, 7) is 0. The zero-order valence-electron chi connectivity index (χ0n) is 8.58. The fourth-order valence-corrected chi connectivity index (χ4v) is 1.95. The third-order valence-electron chi connectivity index (χ3n) is 2.39. The number of benzene rings is 1. The molecule has 4 heteroatoms. The second kappa shape index (κ2) is 5.07. The van der Waals surface area contributed by atoms with Crippen molar-refractivity contribution in [1.29, 1.82) is 0 Å². The Balaban J connectivity index is 2.34. The fraction of sp³-hybridized carbons (Fsp3) is 0.167. The lowest BCUT2D eigenvalue weighted by Crippen LogP contribution is -2.11. The monoisotopic (exact) mass is 278 g/mol. The minimum absolute atomic E-state index is 0.0231. The van der Waals surface area contributed by atoms with Crippen molar-refractivity contribution in [3.63, 3.8) is 0 Å². The molecule has 16 heavy (non-hydrogen) atoms. The molecule has 0 amide bonds. The normalized spacial score (nSPS) is 12.3. The summed E-state index contributed by atoms with van der Waals surface area (Å²) in [5.74, 6) is 0. The quantitative estimate of drug-likeness (QED) is 0.807. The molecule has 1 atom stereocenters. The van der Waals surface area contributed by atoms with E-state index in [1.165, 1.54) is 0 Å². The van der Waals surface area contributed by atoms with Gasteiger partial charge in [-0.1, -0.05) is 30.3 Å². The Morgan fingerprint density at radius 2 is 2.12 bits per heavy atom. The van der Waals surface area contributed by atoms with Gasteiger partial charge in [0, 0.05) is 12.6 Å². The second-order valence-corrected chi connectivity index (χ2v) is 4.38. The van der Waals surface area contributed by atoms with Crippen LogP contribution in [-0.2, 0) is 4.79 Å². The van der Waals surface area contributed by atoms with Crippen molar-refractivity contribution < 1.29 is 4.79 Å². The Morgan fingerprint density at radius 3 is 2.69 bits per heavy atom. The van der Waals surface area contributed by atoms with Crippen LogP contribution in [0.1, 0.15) is 18.0 Å². The highest BCUT2D eigenvalue weighted by molar-refractivity contribution is 9.10. The topological polar surface area (TPSA) is 34.9 Å². The number of carbonyl (C=O) groups excluding carboxylic acids is 1. The van der Waals surface area contributed by atoms with Crippen molar-refractivity contribution in [1.82, 2.24) is 9.78 Å². The zero-order valence-corrected chi connectivity index (χ0v) is 10.2. The molecular weight excluding hydrogens is 268 g/mol. The maximum atomic E-state index is 10.7. The van der Waals surface area contributed by atoms with Gasteiger partial charge >= 0.3 is 0 Å². The molecule has 0 fully saturated rings. The molecule has 0 saturated heterocycles. The number of aldehydes is 1. The van der Waals surface area contributed by atoms with Gasteiger partial charge in [0.2, 0.25) is 0 Å². The van der Waals surface area contributed by atoms with Crippen molar-refractivity contribution >= 4 is 22.2 Å². The Hall–Kier alpha value is -1.42. The van der Waals surface area contributed by atoms with Crippen LogP contribution in [0.2, 0.25) is 0 Å². The minimum atomic E-state index is -0.0231. The molecule has 0 spiro atoms. The number of aromatic nitrogens is 2. The van der Waals surface area contributed by atoms with Crippen LogP contribution in [0.25, 0.3) is 0 Å². The van der Waals surface area contributed by atoms with Crippen molar-refractivity contribution in [2.75, 3.05) is 0 Å². The van der Waals surface area contributed by atoms with E-state index in [4.69, 9.17) is 0 Å². The largest absolute Gasteiger partial charge is 0.303 e. The summed E-state index contributed by atoms with van der Waals surface area (Å²) in [4.78, 5) is 10.7. The average Bonchev–Trinajstić information content (AvgIpc) is 2.74. The molecule has 0 aliphatic rings. The van der Waals surface area contributed by atoms with E-state index < -0.39 is 0 Å². The van der Waals surface area contributed by atoms with Gasteiger partial charge in [-0.05, 0) is 21.5 Å². The van der Waals surface area contributed by atoms with E-state index in [1.807, 2.05) is 36.5 Å². The lowest BCUT2D eigenvalue weighted by Gasteiger charge is -2.15. The van der Waals surface area contributed by atoms with Crippen LogP contribution in [0.15, 0.2) is 47.2 Å². The number of halogens is 1. The Kier molecular flexibility index (Phi) is 3.51. The maximum Gasteiger partial charge on any atom is 0.122 e. The van der Waals surface area contributed by atoms with E-state index in [-0.39, 0.29) is 6.04 Å². The summed E-state index contributed by atoms with van der Waals surface area (Å²) in [5, 5.41) is 4.22. The summed E-state index contributed by atoms with van der Waals surface area (Å²) in [7, 11) is 0. The SMILES string of the molecule is O=CC[C@@H](c1ccccc1)n1cc(Br)cn1. The Morgan fingerprint density at radius 1 is 1.38 bits per heavy atom. The Bertz CT molecular complexity index is 467. The van der Waals surface area contributed by atoms with Crippen LogP contribution in [0.3, 0.4) is 0 Å². The molecule has 1 heterocycles. The van der Waals surface area contributed by atoms with E-state index in [0.717, 1.165) is 16.3 Å². The molecule has 0 N–H and O–H groups in total. The average molecular weight is 279 g/mol. The minimum Gasteiger partial charge on any atom is -0.303 e. The molecule has 0 bridgehead atoms. The first-order valence-corrected chi connectivity index (χ1v) is 5.79. The smallest absolute Gasteiger partial charge is 0.122 e. The molecule has 0 aliphatic heterocycles. The fourth-order valence-electron chi connectivity index (χ4n) is 1.65. The predicted octanol–water partition coefficient (Wildman–Crippen LogP) is 2.82. The van der Waals surface area contributed by atoms with Crippen molar-refractivity contribution in [3.05, 3.63) is 52.8 Å². The summed E-state index contributed by atoms with van der Waals surface area (Å²) in [5.41, 5.74) is 1.09. The van der Waals surface area contributed by atoms with Crippen LogP contribution in [0.5, 0.6) is 0 Å². The molecule has 82 valence electrons. The number of carbonyl (C=O) groups is 1. The standard InChI is InChI=1S/C12H11BrN2O/c13-11-8-14-15(9-11)12(6-7-16)10-4-2-1-3-5-10/h1-5,7-9,12H,6H2/t12-/m0/s1. The van der Waals surface area contributed by atoms with Crippen molar-refractivity contribution in [2.24, 2.45) is 0 Å². The molecule has 0 unspecified atom stereocenters. The summed E-state index contributed by atoms with van der Waals surface area (Å²) in [6.07, 6.45) is 4.95. The molecule has 0 aliphatic carbocycles. The van der Waals surface area contributed by atoms with Crippen LogP contribution in [-0.4, -0.2) is 16.1 Å². The second-order valence-electron chi connectivity index (χ2n) is 3.47. The van der Waals surface area contributed by atoms with Gasteiger partial charge in [0.15, 0.2) is 0 Å². The maximum absolute atomic E-state index is 10.7. The van der Waals surface area contributed by atoms with Crippen molar-refractivity contribution in [3.8, 4) is 0 Å². The third kappa shape index (κ3) is 2.39. The summed E-state index contributed by atoms with van der Waals surface area (Å²) in [6, 6.07) is 9.87. The van der Waals surface area contributed by atoms with Gasteiger partial charge in [0.25, 0.3) is 0 Å². The van der Waals surface area contributed by atoms with Gasteiger partial charge in [-0.15, -0.1) is 0 Å². The van der Waals surface area contributed by atoms with E-state index in [1.54, 1.807) is 10.9 Å². The molecule has 1 aromatic carbocycles.